The van der Waals surface area contributed by atoms with E-state index in [4.69, 9.17) is 5.11 Å². The molecule has 5 nitrogen and oxygen atoms in total. The van der Waals surface area contributed by atoms with E-state index in [1.54, 1.807) is 6.07 Å². The van der Waals surface area contributed by atoms with E-state index in [9.17, 15) is 4.79 Å². The first-order valence-corrected chi connectivity index (χ1v) is 5.80. The average molecular weight is 257 g/mol. The van der Waals surface area contributed by atoms with E-state index in [1.165, 1.54) is 12.3 Å². The van der Waals surface area contributed by atoms with E-state index in [0.29, 0.717) is 5.69 Å². The van der Waals surface area contributed by atoms with Gasteiger partial charge in [-0.1, -0.05) is 12.1 Å². The fourth-order valence-electron chi connectivity index (χ4n) is 1.75. The topological polar surface area (TPSA) is 65.5 Å². The SMILES string of the molecule is CN(C)c1ccccc1Nc1ccnc(C(=O)O)c1. The van der Waals surface area contributed by atoms with Crippen molar-refractivity contribution in [3.05, 3.63) is 48.3 Å². The summed E-state index contributed by atoms with van der Waals surface area (Å²) < 4.78 is 0. The Bertz CT molecular complexity index is 597. The molecule has 0 unspecified atom stereocenters. The zero-order chi connectivity index (χ0) is 13.8. The second kappa shape index (κ2) is 5.39. The van der Waals surface area contributed by atoms with Gasteiger partial charge in [-0.25, -0.2) is 9.78 Å². The number of rotatable bonds is 4. The standard InChI is InChI=1S/C14H15N3O2/c1-17(2)13-6-4-3-5-11(13)16-10-7-8-15-12(9-10)14(18)19/h3-9H,1-2H3,(H,15,16)(H,18,19). The van der Waals surface area contributed by atoms with Crippen LogP contribution in [0.4, 0.5) is 17.1 Å². The predicted octanol–water partition coefficient (Wildman–Crippen LogP) is 2.59. The highest BCUT2D eigenvalue weighted by Gasteiger charge is 2.07. The van der Waals surface area contributed by atoms with Crippen LogP contribution in [-0.4, -0.2) is 30.2 Å². The minimum Gasteiger partial charge on any atom is -0.477 e. The summed E-state index contributed by atoms with van der Waals surface area (Å²) in [5, 5.41) is 12.1. The van der Waals surface area contributed by atoms with Gasteiger partial charge in [-0.15, -0.1) is 0 Å². The van der Waals surface area contributed by atoms with E-state index < -0.39 is 5.97 Å². The van der Waals surface area contributed by atoms with Crippen molar-refractivity contribution in [1.29, 1.82) is 0 Å². The highest BCUT2D eigenvalue weighted by Crippen LogP contribution is 2.27. The lowest BCUT2D eigenvalue weighted by Gasteiger charge is -2.18. The molecule has 2 aromatic rings. The third kappa shape index (κ3) is 3.01. The van der Waals surface area contributed by atoms with Crippen LogP contribution in [0.15, 0.2) is 42.6 Å². The summed E-state index contributed by atoms with van der Waals surface area (Å²) in [5.74, 6) is -1.04. The molecule has 1 aromatic heterocycles. The Morgan fingerprint density at radius 2 is 2.00 bits per heavy atom. The van der Waals surface area contributed by atoms with Gasteiger partial charge >= 0.3 is 5.97 Å². The molecule has 2 rings (SSSR count). The Kier molecular flexibility index (Phi) is 3.66. The van der Waals surface area contributed by atoms with Gasteiger partial charge in [-0.3, -0.25) is 0 Å². The smallest absolute Gasteiger partial charge is 0.354 e. The molecule has 1 heterocycles. The summed E-state index contributed by atoms with van der Waals surface area (Å²) in [7, 11) is 3.91. The van der Waals surface area contributed by atoms with Crippen molar-refractivity contribution in [3.63, 3.8) is 0 Å². The second-order valence-corrected chi connectivity index (χ2v) is 4.27. The molecule has 0 fully saturated rings. The van der Waals surface area contributed by atoms with Crippen LogP contribution in [0.2, 0.25) is 0 Å². The Morgan fingerprint density at radius 1 is 1.26 bits per heavy atom. The molecule has 0 saturated heterocycles. The summed E-state index contributed by atoms with van der Waals surface area (Å²) in [6.07, 6.45) is 1.48. The number of anilines is 3. The number of nitrogens with one attached hydrogen (secondary N) is 1. The Hall–Kier alpha value is -2.56. The molecular weight excluding hydrogens is 242 g/mol. The molecule has 0 aliphatic heterocycles. The molecule has 0 atom stereocenters. The summed E-state index contributed by atoms with van der Waals surface area (Å²) in [5.41, 5.74) is 2.65. The van der Waals surface area contributed by atoms with Crippen LogP contribution in [0, 0.1) is 0 Å². The molecule has 0 radical (unpaired) electrons. The minimum absolute atomic E-state index is 0.0207. The summed E-state index contributed by atoms with van der Waals surface area (Å²) in [6, 6.07) is 11.1. The molecule has 19 heavy (non-hydrogen) atoms. The van der Waals surface area contributed by atoms with Gasteiger partial charge in [0, 0.05) is 26.0 Å². The summed E-state index contributed by atoms with van der Waals surface area (Å²) in [6.45, 7) is 0. The Morgan fingerprint density at radius 3 is 2.68 bits per heavy atom. The van der Waals surface area contributed by atoms with Crippen molar-refractivity contribution in [2.45, 2.75) is 0 Å². The van der Waals surface area contributed by atoms with Crippen molar-refractivity contribution in [2.24, 2.45) is 0 Å². The van der Waals surface area contributed by atoms with Crippen LogP contribution in [0.1, 0.15) is 10.5 Å². The molecule has 0 aliphatic rings. The normalized spacial score (nSPS) is 10.0. The van der Waals surface area contributed by atoms with Crippen LogP contribution in [0.5, 0.6) is 0 Å². The van der Waals surface area contributed by atoms with Crippen molar-refractivity contribution < 1.29 is 9.90 Å². The van der Waals surface area contributed by atoms with Crippen molar-refractivity contribution >= 4 is 23.0 Å². The van der Waals surface area contributed by atoms with E-state index in [-0.39, 0.29) is 5.69 Å². The zero-order valence-electron chi connectivity index (χ0n) is 10.8. The van der Waals surface area contributed by atoms with Crippen LogP contribution < -0.4 is 10.2 Å². The molecule has 0 bridgehead atoms. The lowest BCUT2D eigenvalue weighted by Crippen LogP contribution is -2.11. The highest BCUT2D eigenvalue weighted by molar-refractivity contribution is 5.87. The molecule has 1 aromatic carbocycles. The summed E-state index contributed by atoms with van der Waals surface area (Å²) >= 11 is 0. The number of para-hydroxylation sites is 2. The van der Waals surface area contributed by atoms with Crippen LogP contribution in [-0.2, 0) is 0 Å². The maximum atomic E-state index is 10.9. The molecule has 98 valence electrons. The zero-order valence-corrected chi connectivity index (χ0v) is 10.8. The monoisotopic (exact) mass is 257 g/mol. The number of nitrogens with zero attached hydrogens (tertiary/aromatic N) is 2. The number of pyridine rings is 1. The van der Waals surface area contributed by atoms with E-state index >= 15 is 0 Å². The lowest BCUT2D eigenvalue weighted by atomic mass is 10.2. The number of carboxylic acids is 1. The van der Waals surface area contributed by atoms with E-state index in [2.05, 4.69) is 10.3 Å². The quantitative estimate of drug-likeness (QED) is 0.881. The van der Waals surface area contributed by atoms with Gasteiger partial charge in [0.2, 0.25) is 0 Å². The van der Waals surface area contributed by atoms with Crippen molar-refractivity contribution in [3.8, 4) is 0 Å². The minimum atomic E-state index is -1.04. The van der Waals surface area contributed by atoms with E-state index in [0.717, 1.165) is 11.4 Å². The highest BCUT2D eigenvalue weighted by atomic mass is 16.4. The molecule has 0 aliphatic carbocycles. The molecule has 2 N–H and O–H groups in total. The first kappa shape index (κ1) is 12.9. The van der Waals surface area contributed by atoms with Gasteiger partial charge in [0.25, 0.3) is 0 Å². The van der Waals surface area contributed by atoms with Crippen LogP contribution >= 0.6 is 0 Å². The van der Waals surface area contributed by atoms with Crippen LogP contribution in [0.3, 0.4) is 0 Å². The van der Waals surface area contributed by atoms with Gasteiger partial charge in [0.1, 0.15) is 5.69 Å². The van der Waals surface area contributed by atoms with Gasteiger partial charge in [-0.05, 0) is 24.3 Å². The van der Waals surface area contributed by atoms with Gasteiger partial charge in [0.05, 0.1) is 11.4 Å². The Labute approximate surface area is 111 Å². The maximum absolute atomic E-state index is 10.9. The summed E-state index contributed by atoms with van der Waals surface area (Å²) in [4.78, 5) is 16.7. The average Bonchev–Trinajstić information content (AvgIpc) is 2.39. The van der Waals surface area contributed by atoms with Crippen molar-refractivity contribution in [2.75, 3.05) is 24.3 Å². The van der Waals surface area contributed by atoms with Gasteiger partial charge < -0.3 is 15.3 Å². The largest absolute Gasteiger partial charge is 0.477 e. The molecule has 0 saturated carbocycles. The number of carbonyl (C=O) groups is 1. The maximum Gasteiger partial charge on any atom is 0.354 e. The van der Waals surface area contributed by atoms with Gasteiger partial charge in [-0.2, -0.15) is 0 Å². The number of hydrogen-bond acceptors (Lipinski definition) is 4. The van der Waals surface area contributed by atoms with Gasteiger partial charge in [0.15, 0.2) is 0 Å². The Balaban J connectivity index is 2.31. The van der Waals surface area contributed by atoms with Crippen molar-refractivity contribution in [1.82, 2.24) is 4.98 Å². The number of aromatic nitrogens is 1. The number of hydrogen-bond donors (Lipinski definition) is 2. The third-order valence-corrected chi connectivity index (χ3v) is 2.64. The number of aromatic carboxylic acids is 1. The number of benzene rings is 1. The predicted molar refractivity (Wildman–Crippen MR) is 75.2 cm³/mol. The fraction of sp³-hybridized carbons (Fsp3) is 0.143. The molecule has 0 spiro atoms. The van der Waals surface area contributed by atoms with E-state index in [1.807, 2.05) is 43.3 Å². The molecule has 0 amide bonds. The molecular formula is C14H15N3O2. The molecule has 5 heteroatoms. The third-order valence-electron chi connectivity index (χ3n) is 2.64. The first-order valence-electron chi connectivity index (χ1n) is 5.80. The fourth-order valence-corrected chi connectivity index (χ4v) is 1.75. The number of carboxylic acid groups (broad SMARTS) is 1. The first-order chi connectivity index (χ1) is 9.08. The second-order valence-electron chi connectivity index (χ2n) is 4.27. The van der Waals surface area contributed by atoms with Crippen LogP contribution in [0.25, 0.3) is 0 Å². The lowest BCUT2D eigenvalue weighted by molar-refractivity contribution is 0.0690.